The molecule has 0 amide bonds. The van der Waals surface area contributed by atoms with Crippen molar-refractivity contribution in [2.75, 3.05) is 59.5 Å². The van der Waals surface area contributed by atoms with Gasteiger partial charge in [0, 0.05) is 12.3 Å². The van der Waals surface area contributed by atoms with Crippen LogP contribution in [0, 0.1) is 5.92 Å². The number of aliphatic hydroxyl groups is 3. The SMILES string of the molecule is CCC(=O)OCCOCC(OCCO)C1CCC(OCCO)C1OCCO. The van der Waals surface area contributed by atoms with E-state index in [0.29, 0.717) is 6.42 Å². The number of aliphatic hydroxyl groups excluding tert-OH is 3. The van der Waals surface area contributed by atoms with E-state index >= 15 is 0 Å². The molecule has 4 unspecified atom stereocenters. The fraction of sp³-hybridized carbons (Fsp3) is 0.944. The smallest absolute Gasteiger partial charge is 0.305 e. The number of esters is 1. The van der Waals surface area contributed by atoms with E-state index in [9.17, 15) is 4.79 Å². The van der Waals surface area contributed by atoms with E-state index in [4.69, 9.17) is 39.0 Å². The highest BCUT2D eigenvalue weighted by atomic mass is 16.6. The first kappa shape index (κ1) is 24.2. The van der Waals surface area contributed by atoms with Gasteiger partial charge in [0.15, 0.2) is 0 Å². The van der Waals surface area contributed by atoms with Crippen LogP contribution in [0.4, 0.5) is 0 Å². The number of carbonyl (C=O) groups excluding carboxylic acids is 1. The van der Waals surface area contributed by atoms with E-state index in [-0.39, 0.29) is 89.7 Å². The topological polar surface area (TPSA) is 124 Å². The molecule has 1 saturated carbocycles. The zero-order chi connectivity index (χ0) is 19.9. The molecule has 0 radical (unpaired) electrons. The Morgan fingerprint density at radius 3 is 2.33 bits per heavy atom. The Morgan fingerprint density at radius 2 is 1.67 bits per heavy atom. The van der Waals surface area contributed by atoms with Gasteiger partial charge < -0.3 is 39.0 Å². The number of rotatable bonds is 16. The summed E-state index contributed by atoms with van der Waals surface area (Å²) in [5, 5.41) is 27.2. The van der Waals surface area contributed by atoms with Gasteiger partial charge in [0.25, 0.3) is 0 Å². The van der Waals surface area contributed by atoms with Crippen LogP contribution in [0.1, 0.15) is 26.2 Å². The van der Waals surface area contributed by atoms with Crippen molar-refractivity contribution in [3.63, 3.8) is 0 Å². The molecule has 1 aliphatic carbocycles. The molecule has 9 heteroatoms. The molecule has 9 nitrogen and oxygen atoms in total. The van der Waals surface area contributed by atoms with Gasteiger partial charge in [-0.2, -0.15) is 0 Å². The molecule has 1 aliphatic rings. The van der Waals surface area contributed by atoms with Gasteiger partial charge in [0.2, 0.25) is 0 Å². The van der Waals surface area contributed by atoms with Crippen molar-refractivity contribution in [2.45, 2.75) is 44.5 Å². The minimum atomic E-state index is -0.328. The summed E-state index contributed by atoms with van der Waals surface area (Å²) in [6, 6.07) is 0. The molecular weight excluding hydrogens is 360 g/mol. The van der Waals surface area contributed by atoms with E-state index in [1.807, 2.05) is 0 Å². The molecule has 0 aromatic carbocycles. The maximum atomic E-state index is 11.1. The second kappa shape index (κ2) is 15.2. The van der Waals surface area contributed by atoms with E-state index in [1.165, 1.54) is 0 Å². The Bertz CT molecular complexity index is 380. The van der Waals surface area contributed by atoms with Crippen LogP contribution < -0.4 is 0 Å². The highest BCUT2D eigenvalue weighted by Gasteiger charge is 2.42. The van der Waals surface area contributed by atoms with Gasteiger partial charge in [-0.15, -0.1) is 0 Å². The molecule has 0 aliphatic heterocycles. The molecule has 3 N–H and O–H groups in total. The predicted molar refractivity (Wildman–Crippen MR) is 95.3 cm³/mol. The Morgan fingerprint density at radius 1 is 0.963 bits per heavy atom. The van der Waals surface area contributed by atoms with Gasteiger partial charge in [-0.1, -0.05) is 6.92 Å². The van der Waals surface area contributed by atoms with Crippen LogP contribution in [0.15, 0.2) is 0 Å². The van der Waals surface area contributed by atoms with E-state index < -0.39 is 0 Å². The molecule has 160 valence electrons. The van der Waals surface area contributed by atoms with Gasteiger partial charge in [0.05, 0.1) is 71.2 Å². The Labute approximate surface area is 160 Å². The number of hydrogen-bond acceptors (Lipinski definition) is 9. The maximum absolute atomic E-state index is 11.1. The summed E-state index contributed by atoms with van der Waals surface area (Å²) in [7, 11) is 0. The highest BCUT2D eigenvalue weighted by molar-refractivity contribution is 5.68. The third-order valence-electron chi connectivity index (χ3n) is 4.36. The van der Waals surface area contributed by atoms with Gasteiger partial charge in [-0.25, -0.2) is 0 Å². The van der Waals surface area contributed by atoms with Crippen molar-refractivity contribution in [3.05, 3.63) is 0 Å². The summed E-state index contributed by atoms with van der Waals surface area (Å²) in [5.41, 5.74) is 0. The summed E-state index contributed by atoms with van der Waals surface area (Å²) in [4.78, 5) is 11.1. The standard InChI is InChI=1S/C18H34O9/c1-2-17(22)26-12-11-23-13-16(25-9-6-20)14-3-4-15(24-8-5-19)18(14)27-10-7-21/h14-16,18-21H,2-13H2,1H3. The lowest BCUT2D eigenvalue weighted by molar-refractivity contribution is -0.146. The lowest BCUT2D eigenvalue weighted by atomic mass is 9.98. The van der Waals surface area contributed by atoms with Gasteiger partial charge in [-0.05, 0) is 12.8 Å². The minimum Gasteiger partial charge on any atom is -0.463 e. The molecule has 1 rings (SSSR count). The van der Waals surface area contributed by atoms with Crippen molar-refractivity contribution in [3.8, 4) is 0 Å². The van der Waals surface area contributed by atoms with Crippen LogP contribution in [0.2, 0.25) is 0 Å². The second-order valence-electron chi connectivity index (χ2n) is 6.21. The lowest BCUT2D eigenvalue weighted by Gasteiger charge is -2.31. The molecule has 0 heterocycles. The highest BCUT2D eigenvalue weighted by Crippen LogP contribution is 2.34. The number of carbonyl (C=O) groups is 1. The van der Waals surface area contributed by atoms with Crippen molar-refractivity contribution in [1.29, 1.82) is 0 Å². The van der Waals surface area contributed by atoms with Crippen molar-refractivity contribution in [1.82, 2.24) is 0 Å². The molecule has 1 fully saturated rings. The first-order chi connectivity index (χ1) is 13.2. The van der Waals surface area contributed by atoms with E-state index in [1.54, 1.807) is 6.92 Å². The molecule has 0 aromatic rings. The van der Waals surface area contributed by atoms with Gasteiger partial charge in [0.1, 0.15) is 6.61 Å². The van der Waals surface area contributed by atoms with Crippen LogP contribution in [0.5, 0.6) is 0 Å². The average molecular weight is 394 g/mol. The summed E-state index contributed by atoms with van der Waals surface area (Å²) in [6.07, 6.45) is 1.02. The first-order valence-corrected chi connectivity index (χ1v) is 9.58. The monoisotopic (exact) mass is 394 g/mol. The first-order valence-electron chi connectivity index (χ1n) is 9.58. The van der Waals surface area contributed by atoms with Crippen LogP contribution in [0.25, 0.3) is 0 Å². The fourth-order valence-corrected chi connectivity index (χ4v) is 3.18. The Hall–Kier alpha value is -0.810. The zero-order valence-electron chi connectivity index (χ0n) is 16.1. The van der Waals surface area contributed by atoms with Crippen LogP contribution in [-0.2, 0) is 28.5 Å². The lowest BCUT2D eigenvalue weighted by Crippen LogP contribution is -2.41. The van der Waals surface area contributed by atoms with Crippen molar-refractivity contribution < 1.29 is 43.8 Å². The third kappa shape index (κ3) is 9.29. The number of ether oxygens (including phenoxy) is 5. The molecule has 4 atom stereocenters. The van der Waals surface area contributed by atoms with E-state index in [2.05, 4.69) is 0 Å². The Kier molecular flexibility index (Phi) is 13.6. The molecule has 0 aromatic heterocycles. The fourth-order valence-electron chi connectivity index (χ4n) is 3.18. The zero-order valence-corrected chi connectivity index (χ0v) is 16.1. The van der Waals surface area contributed by atoms with Crippen LogP contribution >= 0.6 is 0 Å². The van der Waals surface area contributed by atoms with E-state index in [0.717, 1.165) is 12.8 Å². The largest absolute Gasteiger partial charge is 0.463 e. The quantitative estimate of drug-likeness (QED) is 0.235. The third-order valence-corrected chi connectivity index (χ3v) is 4.36. The average Bonchev–Trinajstić information content (AvgIpc) is 3.08. The number of hydrogen-bond donors (Lipinski definition) is 3. The summed E-state index contributed by atoms with van der Waals surface area (Å²) in [6.45, 7) is 2.71. The molecule has 27 heavy (non-hydrogen) atoms. The van der Waals surface area contributed by atoms with Crippen LogP contribution in [-0.4, -0.2) is 99.1 Å². The Balaban J connectivity index is 2.58. The molecule has 0 bridgehead atoms. The second-order valence-corrected chi connectivity index (χ2v) is 6.21. The maximum Gasteiger partial charge on any atom is 0.305 e. The van der Waals surface area contributed by atoms with Crippen molar-refractivity contribution in [2.24, 2.45) is 5.92 Å². The normalized spacial score (nSPS) is 23.5. The van der Waals surface area contributed by atoms with Crippen LogP contribution in [0.3, 0.4) is 0 Å². The summed E-state index contributed by atoms with van der Waals surface area (Å²) < 4.78 is 27.8. The predicted octanol–water partition coefficient (Wildman–Crippen LogP) is -0.501. The van der Waals surface area contributed by atoms with Crippen molar-refractivity contribution >= 4 is 5.97 Å². The minimum absolute atomic E-state index is 0.0371. The molecule has 0 saturated heterocycles. The summed E-state index contributed by atoms with van der Waals surface area (Å²) in [5.74, 6) is -0.311. The van der Waals surface area contributed by atoms with Gasteiger partial charge in [-0.3, -0.25) is 4.79 Å². The van der Waals surface area contributed by atoms with Gasteiger partial charge >= 0.3 is 5.97 Å². The summed E-state index contributed by atoms with van der Waals surface area (Å²) >= 11 is 0. The molecule has 0 spiro atoms. The molecular formula is C18H34O9.